The summed E-state index contributed by atoms with van der Waals surface area (Å²) in [6, 6.07) is 14.6. The van der Waals surface area contributed by atoms with E-state index in [0.717, 1.165) is 12.1 Å². The number of amides is 1. The van der Waals surface area contributed by atoms with Gasteiger partial charge in [-0.3, -0.25) is 4.79 Å². The largest absolute Gasteiger partial charge is 0.308 e. The first-order valence-corrected chi connectivity index (χ1v) is 7.86. The lowest BCUT2D eigenvalue weighted by Crippen LogP contribution is -2.34. The van der Waals surface area contributed by atoms with Gasteiger partial charge in [-0.15, -0.1) is 0 Å². The summed E-state index contributed by atoms with van der Waals surface area (Å²) < 4.78 is 1.23. The fourth-order valence-corrected chi connectivity index (χ4v) is 3.22. The Labute approximate surface area is 132 Å². The standard InChI is InChI=1S/C17H16INO/c1-12-4-2-3-5-14(12)11-19-16-8-7-15(18)10-13(16)6-9-17(19)20/h2-5,7-8,10H,6,9,11H2,1H3. The molecule has 1 heterocycles. The van der Waals surface area contributed by atoms with Gasteiger partial charge in [-0.25, -0.2) is 0 Å². The third-order valence-electron chi connectivity index (χ3n) is 3.83. The van der Waals surface area contributed by atoms with Crippen LogP contribution < -0.4 is 4.90 Å². The Bertz CT molecular complexity index is 666. The smallest absolute Gasteiger partial charge is 0.227 e. The second-order valence-corrected chi connectivity index (χ2v) is 6.43. The van der Waals surface area contributed by atoms with E-state index in [4.69, 9.17) is 0 Å². The summed E-state index contributed by atoms with van der Waals surface area (Å²) >= 11 is 2.32. The van der Waals surface area contributed by atoms with E-state index < -0.39 is 0 Å². The highest BCUT2D eigenvalue weighted by molar-refractivity contribution is 14.1. The number of halogens is 1. The molecular formula is C17H16INO. The maximum absolute atomic E-state index is 12.3. The van der Waals surface area contributed by atoms with Crippen molar-refractivity contribution in [2.45, 2.75) is 26.3 Å². The number of anilines is 1. The van der Waals surface area contributed by atoms with Crippen LogP contribution in [0.25, 0.3) is 0 Å². The molecule has 20 heavy (non-hydrogen) atoms. The van der Waals surface area contributed by atoms with Crippen LogP contribution in [0, 0.1) is 10.5 Å². The predicted octanol–water partition coefficient (Wildman–Crippen LogP) is 4.08. The highest BCUT2D eigenvalue weighted by Crippen LogP contribution is 2.30. The molecule has 0 radical (unpaired) electrons. The molecule has 0 bridgehead atoms. The van der Waals surface area contributed by atoms with E-state index in [0.29, 0.717) is 13.0 Å². The van der Waals surface area contributed by atoms with E-state index in [2.05, 4.69) is 59.8 Å². The average Bonchev–Trinajstić information content (AvgIpc) is 2.44. The Morgan fingerprint density at radius 3 is 2.75 bits per heavy atom. The normalized spacial score (nSPS) is 14.3. The van der Waals surface area contributed by atoms with Gasteiger partial charge in [-0.05, 0) is 70.8 Å². The second kappa shape index (κ2) is 5.56. The number of benzene rings is 2. The first-order valence-electron chi connectivity index (χ1n) is 6.78. The topological polar surface area (TPSA) is 20.3 Å². The van der Waals surface area contributed by atoms with Gasteiger partial charge < -0.3 is 4.90 Å². The van der Waals surface area contributed by atoms with Crippen LogP contribution in [0.4, 0.5) is 5.69 Å². The van der Waals surface area contributed by atoms with Gasteiger partial charge in [-0.1, -0.05) is 24.3 Å². The van der Waals surface area contributed by atoms with Crippen molar-refractivity contribution in [2.24, 2.45) is 0 Å². The maximum atomic E-state index is 12.3. The van der Waals surface area contributed by atoms with Gasteiger partial charge in [0.25, 0.3) is 0 Å². The maximum Gasteiger partial charge on any atom is 0.227 e. The number of carbonyl (C=O) groups excluding carboxylic acids is 1. The molecule has 3 rings (SSSR count). The Morgan fingerprint density at radius 2 is 1.95 bits per heavy atom. The molecule has 3 heteroatoms. The van der Waals surface area contributed by atoms with Gasteiger partial charge in [-0.2, -0.15) is 0 Å². The highest BCUT2D eigenvalue weighted by atomic mass is 127. The highest BCUT2D eigenvalue weighted by Gasteiger charge is 2.24. The number of hydrogen-bond donors (Lipinski definition) is 0. The number of carbonyl (C=O) groups is 1. The minimum absolute atomic E-state index is 0.224. The van der Waals surface area contributed by atoms with Crippen molar-refractivity contribution in [3.8, 4) is 0 Å². The number of rotatable bonds is 2. The van der Waals surface area contributed by atoms with Crippen molar-refractivity contribution in [1.29, 1.82) is 0 Å². The molecule has 0 saturated carbocycles. The van der Waals surface area contributed by atoms with Crippen molar-refractivity contribution in [3.05, 3.63) is 62.7 Å². The molecule has 1 amide bonds. The van der Waals surface area contributed by atoms with Crippen LogP contribution in [0.2, 0.25) is 0 Å². The molecule has 0 aliphatic carbocycles. The van der Waals surface area contributed by atoms with Crippen molar-refractivity contribution >= 4 is 34.2 Å². The molecule has 0 N–H and O–H groups in total. The van der Waals surface area contributed by atoms with Gasteiger partial charge in [0.1, 0.15) is 0 Å². The lowest BCUT2D eigenvalue weighted by Gasteiger charge is -2.30. The molecule has 0 atom stereocenters. The summed E-state index contributed by atoms with van der Waals surface area (Å²) in [6.45, 7) is 2.76. The molecular weight excluding hydrogens is 361 g/mol. The van der Waals surface area contributed by atoms with E-state index in [9.17, 15) is 4.79 Å². The Balaban J connectivity index is 1.97. The number of aryl methyl sites for hydroxylation is 2. The second-order valence-electron chi connectivity index (χ2n) is 5.18. The Kier molecular flexibility index (Phi) is 3.78. The van der Waals surface area contributed by atoms with Gasteiger partial charge in [0.15, 0.2) is 0 Å². The number of nitrogens with zero attached hydrogens (tertiary/aromatic N) is 1. The first kappa shape index (κ1) is 13.6. The zero-order valence-electron chi connectivity index (χ0n) is 11.4. The van der Waals surface area contributed by atoms with Crippen LogP contribution >= 0.6 is 22.6 Å². The Hall–Kier alpha value is -1.36. The molecule has 102 valence electrons. The number of fused-ring (bicyclic) bond motifs is 1. The van der Waals surface area contributed by atoms with Crippen LogP contribution in [-0.4, -0.2) is 5.91 Å². The molecule has 2 nitrogen and oxygen atoms in total. The molecule has 2 aromatic rings. The van der Waals surface area contributed by atoms with E-state index >= 15 is 0 Å². The van der Waals surface area contributed by atoms with Crippen molar-refractivity contribution in [2.75, 3.05) is 4.90 Å². The summed E-state index contributed by atoms with van der Waals surface area (Å²) in [4.78, 5) is 14.2. The summed E-state index contributed by atoms with van der Waals surface area (Å²) in [5, 5.41) is 0. The minimum atomic E-state index is 0.224. The third-order valence-corrected chi connectivity index (χ3v) is 4.50. The van der Waals surface area contributed by atoms with Crippen LogP contribution in [0.5, 0.6) is 0 Å². The van der Waals surface area contributed by atoms with Crippen LogP contribution in [-0.2, 0) is 17.8 Å². The zero-order valence-corrected chi connectivity index (χ0v) is 13.6. The molecule has 1 aliphatic rings. The molecule has 0 saturated heterocycles. The lowest BCUT2D eigenvalue weighted by atomic mass is 10.00. The average molecular weight is 377 g/mol. The van der Waals surface area contributed by atoms with Crippen molar-refractivity contribution in [1.82, 2.24) is 0 Å². The summed E-state index contributed by atoms with van der Waals surface area (Å²) in [5.74, 6) is 0.224. The summed E-state index contributed by atoms with van der Waals surface area (Å²) in [6.07, 6.45) is 1.47. The lowest BCUT2D eigenvalue weighted by molar-refractivity contribution is -0.119. The fraction of sp³-hybridized carbons (Fsp3) is 0.235. The van der Waals surface area contributed by atoms with E-state index in [1.165, 1.54) is 20.3 Å². The van der Waals surface area contributed by atoms with Gasteiger partial charge in [0, 0.05) is 15.7 Å². The molecule has 0 unspecified atom stereocenters. The first-order chi connectivity index (χ1) is 9.65. The molecule has 0 aromatic heterocycles. The van der Waals surface area contributed by atoms with Crippen molar-refractivity contribution in [3.63, 3.8) is 0 Å². The quantitative estimate of drug-likeness (QED) is 0.723. The molecule has 0 spiro atoms. The molecule has 1 aliphatic heterocycles. The minimum Gasteiger partial charge on any atom is -0.308 e. The van der Waals surface area contributed by atoms with E-state index in [1.54, 1.807) is 0 Å². The molecule has 0 fully saturated rings. The summed E-state index contributed by atoms with van der Waals surface area (Å²) in [7, 11) is 0. The third kappa shape index (κ3) is 2.59. The van der Waals surface area contributed by atoms with Gasteiger partial charge in [0.2, 0.25) is 5.91 Å². The van der Waals surface area contributed by atoms with Crippen molar-refractivity contribution < 1.29 is 4.79 Å². The predicted molar refractivity (Wildman–Crippen MR) is 89.8 cm³/mol. The van der Waals surface area contributed by atoms with Crippen LogP contribution in [0.3, 0.4) is 0 Å². The van der Waals surface area contributed by atoms with Gasteiger partial charge in [0.05, 0.1) is 6.54 Å². The van der Waals surface area contributed by atoms with Crippen LogP contribution in [0.15, 0.2) is 42.5 Å². The van der Waals surface area contributed by atoms with E-state index in [-0.39, 0.29) is 5.91 Å². The molecule has 2 aromatic carbocycles. The fourth-order valence-electron chi connectivity index (χ4n) is 2.66. The number of hydrogen-bond acceptors (Lipinski definition) is 1. The van der Waals surface area contributed by atoms with E-state index in [1.807, 2.05) is 17.0 Å². The van der Waals surface area contributed by atoms with Gasteiger partial charge >= 0.3 is 0 Å². The zero-order chi connectivity index (χ0) is 14.1. The monoisotopic (exact) mass is 377 g/mol. The van der Waals surface area contributed by atoms with Crippen LogP contribution in [0.1, 0.15) is 23.1 Å². The Morgan fingerprint density at radius 1 is 1.15 bits per heavy atom. The SMILES string of the molecule is Cc1ccccc1CN1C(=O)CCc2cc(I)ccc21. The summed E-state index contributed by atoms with van der Waals surface area (Å²) in [5.41, 5.74) is 4.81.